The molecule has 4 heteroatoms. The van der Waals surface area contributed by atoms with Gasteiger partial charge in [-0.1, -0.05) is 30.3 Å². The number of nitrogens with one attached hydrogen (secondary N) is 1. The van der Waals surface area contributed by atoms with E-state index < -0.39 is 0 Å². The Morgan fingerprint density at radius 2 is 1.38 bits per heavy atom. The van der Waals surface area contributed by atoms with E-state index in [1.54, 1.807) is 0 Å². The zero-order valence-electron chi connectivity index (χ0n) is 16.8. The molecule has 29 heavy (non-hydrogen) atoms. The minimum absolute atomic E-state index is 0.653. The third-order valence-electron chi connectivity index (χ3n) is 4.17. The van der Waals surface area contributed by atoms with E-state index in [4.69, 9.17) is 9.47 Å². The fourth-order valence-electron chi connectivity index (χ4n) is 2.74. The first-order valence-corrected chi connectivity index (χ1v) is 9.80. The summed E-state index contributed by atoms with van der Waals surface area (Å²) in [6.45, 7) is 5.26. The molecule has 0 atom stereocenters. The fourth-order valence-corrected chi connectivity index (χ4v) is 2.74. The van der Waals surface area contributed by atoms with Crippen molar-refractivity contribution in [3.63, 3.8) is 0 Å². The number of rotatable bonds is 9. The van der Waals surface area contributed by atoms with E-state index >= 15 is 0 Å². The van der Waals surface area contributed by atoms with Crippen LogP contribution in [-0.4, -0.2) is 19.4 Å². The third kappa shape index (κ3) is 6.25. The van der Waals surface area contributed by atoms with Crippen LogP contribution in [0.4, 0.5) is 11.4 Å². The number of allylic oxidation sites excluding steroid dienone is 1. The van der Waals surface area contributed by atoms with Crippen LogP contribution in [0.3, 0.4) is 0 Å². The third-order valence-corrected chi connectivity index (χ3v) is 4.17. The van der Waals surface area contributed by atoms with Gasteiger partial charge in [-0.15, -0.1) is 0 Å². The van der Waals surface area contributed by atoms with Crippen LogP contribution >= 0.6 is 0 Å². The van der Waals surface area contributed by atoms with Crippen LogP contribution in [0.5, 0.6) is 11.5 Å². The molecule has 0 radical (unpaired) electrons. The highest BCUT2D eigenvalue weighted by Gasteiger charge is 2.00. The van der Waals surface area contributed by atoms with E-state index in [0.717, 1.165) is 34.0 Å². The van der Waals surface area contributed by atoms with Crippen LogP contribution in [0.25, 0.3) is 5.57 Å². The van der Waals surface area contributed by atoms with Gasteiger partial charge in [-0.05, 0) is 67.9 Å². The molecular weight excluding hydrogens is 360 g/mol. The molecule has 148 valence electrons. The van der Waals surface area contributed by atoms with Gasteiger partial charge in [0, 0.05) is 23.7 Å². The Bertz CT molecular complexity index is 931. The van der Waals surface area contributed by atoms with Gasteiger partial charge in [0.25, 0.3) is 0 Å². The first kappa shape index (κ1) is 20.2. The highest BCUT2D eigenvalue weighted by molar-refractivity contribution is 6.11. The maximum Gasteiger partial charge on any atom is 0.119 e. The van der Waals surface area contributed by atoms with Gasteiger partial charge in [-0.3, -0.25) is 4.99 Å². The second-order valence-electron chi connectivity index (χ2n) is 6.25. The summed E-state index contributed by atoms with van der Waals surface area (Å²) in [5.41, 5.74) is 3.92. The molecule has 3 aromatic carbocycles. The van der Waals surface area contributed by atoms with Gasteiger partial charge in [-0.25, -0.2) is 0 Å². The van der Waals surface area contributed by atoms with Crippen LogP contribution < -0.4 is 14.8 Å². The molecule has 3 aromatic rings. The second kappa shape index (κ2) is 10.7. The number of benzene rings is 3. The van der Waals surface area contributed by atoms with Crippen molar-refractivity contribution < 1.29 is 9.47 Å². The van der Waals surface area contributed by atoms with Gasteiger partial charge in [0.2, 0.25) is 0 Å². The van der Waals surface area contributed by atoms with Crippen molar-refractivity contribution in [2.45, 2.75) is 13.8 Å². The molecule has 0 saturated carbocycles. The topological polar surface area (TPSA) is 42.8 Å². The predicted molar refractivity (Wildman–Crippen MR) is 121 cm³/mol. The molecule has 0 saturated heterocycles. The lowest BCUT2D eigenvalue weighted by atomic mass is 10.1. The Morgan fingerprint density at radius 1 is 0.793 bits per heavy atom. The van der Waals surface area contributed by atoms with Crippen molar-refractivity contribution in [3.8, 4) is 11.5 Å². The van der Waals surface area contributed by atoms with E-state index in [9.17, 15) is 0 Å². The van der Waals surface area contributed by atoms with Gasteiger partial charge in [0.15, 0.2) is 0 Å². The average molecular weight is 386 g/mol. The number of nitrogens with zero attached hydrogens (tertiary/aromatic N) is 1. The van der Waals surface area contributed by atoms with Gasteiger partial charge in [0.1, 0.15) is 11.5 Å². The molecule has 0 aliphatic rings. The molecule has 0 amide bonds. The Hall–Kier alpha value is -3.53. The summed E-state index contributed by atoms with van der Waals surface area (Å²) in [6.07, 6.45) is 3.83. The molecule has 0 spiro atoms. The Morgan fingerprint density at radius 3 is 1.97 bits per heavy atom. The van der Waals surface area contributed by atoms with Crippen LogP contribution in [0.15, 0.2) is 90.1 Å². The molecule has 0 heterocycles. The van der Waals surface area contributed by atoms with Crippen molar-refractivity contribution in [1.82, 2.24) is 0 Å². The summed E-state index contributed by atoms with van der Waals surface area (Å²) < 4.78 is 11.0. The molecule has 3 rings (SSSR count). The van der Waals surface area contributed by atoms with Crippen LogP contribution in [-0.2, 0) is 0 Å². The molecule has 4 nitrogen and oxygen atoms in total. The highest BCUT2D eigenvalue weighted by atomic mass is 16.5. The maximum absolute atomic E-state index is 5.49. The first-order valence-electron chi connectivity index (χ1n) is 9.80. The summed E-state index contributed by atoms with van der Waals surface area (Å²) in [4.78, 5) is 4.63. The number of aliphatic imine (C=N–C) groups is 1. The Balaban J connectivity index is 1.78. The summed E-state index contributed by atoms with van der Waals surface area (Å²) in [7, 11) is 0. The van der Waals surface area contributed by atoms with E-state index in [1.807, 2.05) is 93.0 Å². The Labute approximate surface area is 172 Å². The smallest absolute Gasteiger partial charge is 0.119 e. The van der Waals surface area contributed by atoms with Gasteiger partial charge < -0.3 is 14.8 Å². The number of ether oxygens (including phenoxy) is 2. The predicted octanol–water partition coefficient (Wildman–Crippen LogP) is 6.34. The SMILES string of the molecule is CCOc1ccc(N=CC(=CNc2ccc(OCC)cc2)c2ccccc2)cc1. The van der Waals surface area contributed by atoms with Crippen LogP contribution in [0, 0.1) is 0 Å². The van der Waals surface area contributed by atoms with Crippen LogP contribution in [0.2, 0.25) is 0 Å². The van der Waals surface area contributed by atoms with E-state index in [-0.39, 0.29) is 0 Å². The number of hydrogen-bond donors (Lipinski definition) is 1. The molecule has 0 unspecified atom stereocenters. The fraction of sp³-hybridized carbons (Fsp3) is 0.160. The zero-order valence-corrected chi connectivity index (χ0v) is 16.8. The minimum Gasteiger partial charge on any atom is -0.494 e. The quantitative estimate of drug-likeness (QED) is 0.436. The summed E-state index contributed by atoms with van der Waals surface area (Å²) in [6, 6.07) is 25.8. The number of hydrogen-bond acceptors (Lipinski definition) is 4. The molecule has 0 aliphatic heterocycles. The maximum atomic E-state index is 5.49. The number of anilines is 1. The van der Waals surface area contributed by atoms with E-state index in [2.05, 4.69) is 22.4 Å². The van der Waals surface area contributed by atoms with Gasteiger partial charge in [-0.2, -0.15) is 0 Å². The molecule has 1 N–H and O–H groups in total. The van der Waals surface area contributed by atoms with Gasteiger partial charge >= 0.3 is 0 Å². The average Bonchev–Trinajstić information content (AvgIpc) is 2.77. The lowest BCUT2D eigenvalue weighted by Gasteiger charge is -2.07. The second-order valence-corrected chi connectivity index (χ2v) is 6.25. The summed E-state index contributed by atoms with van der Waals surface area (Å²) in [5, 5.41) is 3.35. The molecule has 0 aromatic heterocycles. The van der Waals surface area contributed by atoms with E-state index in [1.165, 1.54) is 0 Å². The Kier molecular flexibility index (Phi) is 7.47. The van der Waals surface area contributed by atoms with Crippen molar-refractivity contribution in [2.75, 3.05) is 18.5 Å². The molecule has 0 aliphatic carbocycles. The normalized spacial score (nSPS) is 11.4. The van der Waals surface area contributed by atoms with Gasteiger partial charge in [0.05, 0.1) is 18.9 Å². The summed E-state index contributed by atoms with van der Waals surface area (Å²) >= 11 is 0. The van der Waals surface area contributed by atoms with Crippen molar-refractivity contribution >= 4 is 23.2 Å². The van der Waals surface area contributed by atoms with Crippen molar-refractivity contribution in [3.05, 3.63) is 90.6 Å². The molecule has 0 bridgehead atoms. The first-order chi connectivity index (χ1) is 14.3. The van der Waals surface area contributed by atoms with Crippen molar-refractivity contribution in [1.29, 1.82) is 0 Å². The largest absolute Gasteiger partial charge is 0.494 e. The zero-order chi connectivity index (χ0) is 20.3. The molecule has 0 fully saturated rings. The lowest BCUT2D eigenvalue weighted by molar-refractivity contribution is 0.340. The lowest BCUT2D eigenvalue weighted by Crippen LogP contribution is -1.95. The van der Waals surface area contributed by atoms with E-state index in [0.29, 0.717) is 13.2 Å². The summed E-state index contributed by atoms with van der Waals surface area (Å²) in [5.74, 6) is 1.71. The molecular formula is C25H26N2O2. The van der Waals surface area contributed by atoms with Crippen LogP contribution in [0.1, 0.15) is 19.4 Å². The monoisotopic (exact) mass is 386 g/mol. The highest BCUT2D eigenvalue weighted by Crippen LogP contribution is 2.21. The standard InChI is InChI=1S/C25H26N2O2/c1-3-28-24-14-10-22(11-15-24)26-18-21(20-8-6-5-7-9-20)19-27-23-12-16-25(17-13-23)29-4-2/h5-19,26H,3-4H2,1-2H3. The van der Waals surface area contributed by atoms with Crippen molar-refractivity contribution in [2.24, 2.45) is 4.99 Å². The minimum atomic E-state index is 0.653.